The number of pyridine rings is 1. The molecule has 0 bridgehead atoms. The normalized spacial score (nSPS) is 11.2. The van der Waals surface area contributed by atoms with Gasteiger partial charge in [-0.1, -0.05) is 20.8 Å². The fourth-order valence-corrected chi connectivity index (χ4v) is 2.39. The molecule has 0 aliphatic carbocycles. The average molecular weight is 291 g/mol. The van der Waals surface area contributed by atoms with Crippen LogP contribution >= 0.6 is 11.3 Å². The molecular weight excluding hydrogens is 274 g/mol. The maximum absolute atomic E-state index is 12.0. The maximum Gasteiger partial charge on any atom is 0.259 e. The molecular formula is C13H17N5OS. The first kappa shape index (κ1) is 14.4. The van der Waals surface area contributed by atoms with E-state index in [1.54, 1.807) is 12.1 Å². The van der Waals surface area contributed by atoms with Crippen molar-refractivity contribution >= 4 is 28.2 Å². The Morgan fingerprint density at radius 3 is 2.60 bits per heavy atom. The second-order valence-electron chi connectivity index (χ2n) is 5.32. The SMILES string of the molecule is CC(C)(C)c1csc(NC(=O)c2ccc(NN)nc2)n1. The first-order valence-electron chi connectivity index (χ1n) is 6.10. The number of nitrogens with one attached hydrogen (secondary N) is 2. The van der Waals surface area contributed by atoms with Gasteiger partial charge in [0, 0.05) is 17.0 Å². The molecule has 2 heterocycles. The molecule has 2 rings (SSSR count). The van der Waals surface area contributed by atoms with Gasteiger partial charge in [-0.25, -0.2) is 15.8 Å². The molecule has 0 radical (unpaired) electrons. The van der Waals surface area contributed by atoms with Crippen molar-refractivity contribution in [3.63, 3.8) is 0 Å². The lowest BCUT2D eigenvalue weighted by atomic mass is 9.93. The van der Waals surface area contributed by atoms with E-state index < -0.39 is 0 Å². The van der Waals surface area contributed by atoms with Gasteiger partial charge in [-0.3, -0.25) is 10.1 Å². The molecule has 1 amide bonds. The van der Waals surface area contributed by atoms with Crippen molar-refractivity contribution in [3.05, 3.63) is 35.0 Å². The van der Waals surface area contributed by atoms with Gasteiger partial charge in [0.25, 0.3) is 5.91 Å². The number of carbonyl (C=O) groups excluding carboxylic acids is 1. The summed E-state index contributed by atoms with van der Waals surface area (Å²) in [6, 6.07) is 3.28. The van der Waals surface area contributed by atoms with Crippen molar-refractivity contribution in [1.29, 1.82) is 0 Å². The van der Waals surface area contributed by atoms with E-state index in [4.69, 9.17) is 5.84 Å². The highest BCUT2D eigenvalue weighted by Gasteiger charge is 2.18. The van der Waals surface area contributed by atoms with E-state index in [1.807, 2.05) is 5.38 Å². The molecule has 7 heteroatoms. The smallest absolute Gasteiger partial charge is 0.259 e. The van der Waals surface area contributed by atoms with E-state index in [-0.39, 0.29) is 11.3 Å². The Morgan fingerprint density at radius 1 is 1.35 bits per heavy atom. The fourth-order valence-electron chi connectivity index (χ4n) is 1.46. The number of amides is 1. The summed E-state index contributed by atoms with van der Waals surface area (Å²) in [5.41, 5.74) is 3.79. The molecule has 0 atom stereocenters. The largest absolute Gasteiger partial charge is 0.308 e. The Morgan fingerprint density at radius 2 is 2.10 bits per heavy atom. The number of aromatic nitrogens is 2. The van der Waals surface area contributed by atoms with Gasteiger partial charge in [0.15, 0.2) is 5.13 Å². The van der Waals surface area contributed by atoms with Crippen LogP contribution in [-0.2, 0) is 5.41 Å². The number of rotatable bonds is 3. The molecule has 0 saturated heterocycles. The summed E-state index contributed by atoms with van der Waals surface area (Å²) in [4.78, 5) is 20.4. The maximum atomic E-state index is 12.0. The molecule has 0 aliphatic rings. The van der Waals surface area contributed by atoms with Crippen molar-refractivity contribution in [2.45, 2.75) is 26.2 Å². The zero-order valence-electron chi connectivity index (χ0n) is 11.6. The summed E-state index contributed by atoms with van der Waals surface area (Å²) in [7, 11) is 0. The molecule has 4 N–H and O–H groups in total. The van der Waals surface area contributed by atoms with Gasteiger partial charge in [0.1, 0.15) is 5.82 Å². The molecule has 0 aliphatic heterocycles. The number of anilines is 2. The van der Waals surface area contributed by atoms with Crippen LogP contribution in [0.5, 0.6) is 0 Å². The van der Waals surface area contributed by atoms with Crippen molar-refractivity contribution in [3.8, 4) is 0 Å². The molecule has 2 aromatic heterocycles. The van der Waals surface area contributed by atoms with Crippen LogP contribution in [0.1, 0.15) is 36.8 Å². The minimum Gasteiger partial charge on any atom is -0.308 e. The van der Waals surface area contributed by atoms with Crippen LogP contribution in [0.4, 0.5) is 10.9 Å². The van der Waals surface area contributed by atoms with Crippen molar-refractivity contribution in [2.24, 2.45) is 5.84 Å². The van der Waals surface area contributed by atoms with Gasteiger partial charge in [-0.05, 0) is 12.1 Å². The van der Waals surface area contributed by atoms with E-state index in [2.05, 4.69) is 41.5 Å². The topological polar surface area (TPSA) is 92.9 Å². The Kier molecular flexibility index (Phi) is 4.01. The number of hydrogen-bond acceptors (Lipinski definition) is 6. The third-order valence-corrected chi connectivity index (χ3v) is 3.42. The fraction of sp³-hybridized carbons (Fsp3) is 0.308. The first-order valence-corrected chi connectivity index (χ1v) is 6.98. The van der Waals surface area contributed by atoms with Gasteiger partial charge in [-0.15, -0.1) is 11.3 Å². The van der Waals surface area contributed by atoms with E-state index in [9.17, 15) is 4.79 Å². The molecule has 0 unspecified atom stereocenters. The lowest BCUT2D eigenvalue weighted by Gasteiger charge is -2.14. The Balaban J connectivity index is 2.09. The number of carbonyl (C=O) groups is 1. The van der Waals surface area contributed by atoms with Crippen LogP contribution in [0, 0.1) is 0 Å². The summed E-state index contributed by atoms with van der Waals surface area (Å²) >= 11 is 1.41. The van der Waals surface area contributed by atoms with Crippen molar-refractivity contribution < 1.29 is 4.79 Å². The quantitative estimate of drug-likeness (QED) is 0.596. The summed E-state index contributed by atoms with van der Waals surface area (Å²) in [6.45, 7) is 6.24. The highest BCUT2D eigenvalue weighted by molar-refractivity contribution is 7.14. The minimum atomic E-state index is -0.240. The van der Waals surface area contributed by atoms with Gasteiger partial charge in [0.05, 0.1) is 11.3 Å². The predicted octanol–water partition coefficient (Wildman–Crippen LogP) is 2.37. The third-order valence-electron chi connectivity index (χ3n) is 2.67. The van der Waals surface area contributed by atoms with Gasteiger partial charge in [-0.2, -0.15) is 0 Å². The number of thiazole rings is 1. The predicted molar refractivity (Wildman–Crippen MR) is 80.8 cm³/mol. The monoisotopic (exact) mass is 291 g/mol. The highest BCUT2D eigenvalue weighted by atomic mass is 32.1. The number of nitrogens with two attached hydrogens (primary N) is 1. The van der Waals surface area contributed by atoms with Crippen LogP contribution in [0.25, 0.3) is 0 Å². The van der Waals surface area contributed by atoms with Crippen molar-refractivity contribution in [2.75, 3.05) is 10.7 Å². The Labute approximate surface area is 121 Å². The number of hydrogen-bond donors (Lipinski definition) is 3. The van der Waals surface area contributed by atoms with Crippen molar-refractivity contribution in [1.82, 2.24) is 9.97 Å². The molecule has 0 aromatic carbocycles. The zero-order chi connectivity index (χ0) is 14.8. The van der Waals surface area contributed by atoms with Crippen LogP contribution in [0.2, 0.25) is 0 Å². The summed E-state index contributed by atoms with van der Waals surface area (Å²) in [5, 5.41) is 5.30. The number of hydrazine groups is 1. The van der Waals surface area contributed by atoms with E-state index in [1.165, 1.54) is 17.5 Å². The molecule has 6 nitrogen and oxygen atoms in total. The average Bonchev–Trinajstić information content (AvgIpc) is 2.87. The minimum absolute atomic E-state index is 0.0323. The van der Waals surface area contributed by atoms with Crippen LogP contribution in [0.3, 0.4) is 0 Å². The third kappa shape index (κ3) is 3.31. The Bertz CT molecular complexity index is 600. The summed E-state index contributed by atoms with van der Waals surface area (Å²) in [6.07, 6.45) is 1.46. The zero-order valence-corrected chi connectivity index (χ0v) is 12.4. The van der Waals surface area contributed by atoms with E-state index >= 15 is 0 Å². The molecule has 20 heavy (non-hydrogen) atoms. The standard InChI is InChI=1S/C13H17N5OS/c1-13(2,3)9-7-20-12(16-9)17-11(19)8-4-5-10(18-14)15-6-8/h4-7H,14H2,1-3H3,(H,15,18)(H,16,17,19). The number of nitrogen functional groups attached to an aromatic ring is 1. The Hall–Kier alpha value is -1.99. The highest BCUT2D eigenvalue weighted by Crippen LogP contribution is 2.26. The summed E-state index contributed by atoms with van der Waals surface area (Å²) < 4.78 is 0. The van der Waals surface area contributed by atoms with Crippen LogP contribution < -0.4 is 16.6 Å². The molecule has 0 saturated carbocycles. The molecule has 0 fully saturated rings. The first-order chi connectivity index (χ1) is 9.40. The van der Waals surface area contributed by atoms with Crippen LogP contribution in [-0.4, -0.2) is 15.9 Å². The molecule has 2 aromatic rings. The van der Waals surface area contributed by atoms with Crippen LogP contribution in [0.15, 0.2) is 23.7 Å². The number of nitrogens with zero attached hydrogens (tertiary/aromatic N) is 2. The summed E-state index contributed by atoms with van der Waals surface area (Å²) in [5.74, 6) is 5.49. The second-order valence-corrected chi connectivity index (χ2v) is 6.18. The molecule has 0 spiro atoms. The van der Waals surface area contributed by atoms with Gasteiger partial charge < -0.3 is 5.43 Å². The van der Waals surface area contributed by atoms with E-state index in [0.29, 0.717) is 16.5 Å². The second kappa shape index (κ2) is 5.56. The van der Waals surface area contributed by atoms with E-state index in [0.717, 1.165) is 5.69 Å². The lowest BCUT2D eigenvalue weighted by Crippen LogP contribution is -2.15. The van der Waals surface area contributed by atoms with Gasteiger partial charge in [0.2, 0.25) is 0 Å². The van der Waals surface area contributed by atoms with Gasteiger partial charge >= 0.3 is 0 Å². The lowest BCUT2D eigenvalue weighted by molar-refractivity contribution is 0.102. The molecule has 106 valence electrons.